The van der Waals surface area contributed by atoms with E-state index in [4.69, 9.17) is 9.47 Å². The third kappa shape index (κ3) is 2.15. The van der Waals surface area contributed by atoms with Crippen LogP contribution in [0.3, 0.4) is 0 Å². The summed E-state index contributed by atoms with van der Waals surface area (Å²) in [6.45, 7) is 6.52. The molecule has 0 unspecified atom stereocenters. The highest BCUT2D eigenvalue weighted by Gasteiger charge is 2.33. The second-order valence-electron chi connectivity index (χ2n) is 6.81. The van der Waals surface area contributed by atoms with Gasteiger partial charge >= 0.3 is 0 Å². The molecule has 2 aliphatic heterocycles. The lowest BCUT2D eigenvalue weighted by Crippen LogP contribution is -2.32. The number of hydrogen-bond acceptors (Lipinski definition) is 3. The minimum atomic E-state index is -0.388. The maximum absolute atomic E-state index is 6.10. The van der Waals surface area contributed by atoms with Crippen LogP contribution in [0.15, 0.2) is 42.5 Å². The molecule has 2 aromatic rings. The van der Waals surface area contributed by atoms with Crippen LogP contribution in [-0.4, -0.2) is 12.6 Å². The smallest absolute Gasteiger partial charge is 0.227 e. The summed E-state index contributed by atoms with van der Waals surface area (Å²) >= 11 is 0. The van der Waals surface area contributed by atoms with Crippen LogP contribution in [0, 0.1) is 0 Å². The molecule has 0 fully saturated rings. The van der Waals surface area contributed by atoms with E-state index in [-0.39, 0.29) is 11.8 Å². The Morgan fingerprint density at radius 1 is 1.09 bits per heavy atom. The van der Waals surface area contributed by atoms with Crippen molar-refractivity contribution in [3.63, 3.8) is 0 Å². The van der Waals surface area contributed by atoms with Crippen LogP contribution in [0.5, 0.6) is 5.75 Å². The third-order valence-electron chi connectivity index (χ3n) is 4.54. The lowest BCUT2D eigenvalue weighted by molar-refractivity contribution is -0.0579. The molecular weight excluding hydrogens is 286 g/mol. The van der Waals surface area contributed by atoms with E-state index < -0.39 is 0 Å². The molecule has 0 spiro atoms. The van der Waals surface area contributed by atoms with E-state index in [0.717, 1.165) is 22.6 Å². The van der Waals surface area contributed by atoms with Gasteiger partial charge in [0.15, 0.2) is 0 Å². The Balaban J connectivity index is 2.01. The molecule has 2 aliphatic rings. The number of allylic oxidation sites excluding steroid dienone is 1. The van der Waals surface area contributed by atoms with Crippen molar-refractivity contribution in [2.75, 3.05) is 12.4 Å². The molecule has 0 saturated carbocycles. The van der Waals surface area contributed by atoms with Gasteiger partial charge in [0.05, 0.1) is 5.54 Å². The lowest BCUT2D eigenvalue weighted by atomic mass is 9.84. The van der Waals surface area contributed by atoms with Crippen LogP contribution in [0.2, 0.25) is 0 Å². The number of fused-ring (bicyclic) bond motifs is 5. The van der Waals surface area contributed by atoms with E-state index in [9.17, 15) is 0 Å². The quantitative estimate of drug-likeness (QED) is 0.804. The zero-order valence-corrected chi connectivity index (χ0v) is 13.9. The Morgan fingerprint density at radius 2 is 1.87 bits per heavy atom. The van der Waals surface area contributed by atoms with Gasteiger partial charge in [-0.15, -0.1) is 0 Å². The predicted molar refractivity (Wildman–Crippen MR) is 93.6 cm³/mol. The normalized spacial score (nSPS) is 20.3. The molecule has 1 atom stereocenters. The van der Waals surface area contributed by atoms with Crippen LogP contribution >= 0.6 is 0 Å². The molecule has 2 aromatic carbocycles. The van der Waals surface area contributed by atoms with Crippen molar-refractivity contribution in [2.24, 2.45) is 0 Å². The van der Waals surface area contributed by atoms with Crippen molar-refractivity contribution >= 4 is 11.3 Å². The van der Waals surface area contributed by atoms with Gasteiger partial charge in [0, 0.05) is 29.5 Å². The van der Waals surface area contributed by atoms with E-state index in [1.807, 2.05) is 18.2 Å². The van der Waals surface area contributed by atoms with Gasteiger partial charge in [-0.3, -0.25) is 0 Å². The highest BCUT2D eigenvalue weighted by atomic mass is 16.7. The van der Waals surface area contributed by atoms with E-state index >= 15 is 0 Å². The molecule has 0 amide bonds. The minimum absolute atomic E-state index is 0.0542. The first-order chi connectivity index (χ1) is 11.0. The first kappa shape index (κ1) is 14.3. The number of hydrogen-bond donors (Lipinski definition) is 1. The topological polar surface area (TPSA) is 30.5 Å². The van der Waals surface area contributed by atoms with Crippen LogP contribution < -0.4 is 10.1 Å². The first-order valence-electron chi connectivity index (χ1n) is 7.94. The highest BCUT2D eigenvalue weighted by Crippen LogP contribution is 2.48. The second-order valence-corrected chi connectivity index (χ2v) is 6.81. The molecule has 1 N–H and O–H groups in total. The summed E-state index contributed by atoms with van der Waals surface area (Å²) < 4.78 is 11.8. The predicted octanol–water partition coefficient (Wildman–Crippen LogP) is 5.00. The summed E-state index contributed by atoms with van der Waals surface area (Å²) in [5.74, 6) is 0.873. The summed E-state index contributed by atoms with van der Waals surface area (Å²) in [6, 6.07) is 12.5. The van der Waals surface area contributed by atoms with Crippen molar-refractivity contribution < 1.29 is 9.47 Å². The third-order valence-corrected chi connectivity index (χ3v) is 4.54. The molecule has 0 aromatic heterocycles. The minimum Gasteiger partial charge on any atom is -0.460 e. The van der Waals surface area contributed by atoms with Gasteiger partial charge in [-0.05, 0) is 44.0 Å². The van der Waals surface area contributed by atoms with Crippen LogP contribution in [0.1, 0.15) is 38.2 Å². The largest absolute Gasteiger partial charge is 0.460 e. The molecule has 0 aliphatic carbocycles. The zero-order chi connectivity index (χ0) is 16.2. The van der Waals surface area contributed by atoms with Crippen molar-refractivity contribution in [1.29, 1.82) is 0 Å². The molecule has 2 heterocycles. The fourth-order valence-electron chi connectivity index (χ4n) is 3.76. The molecule has 23 heavy (non-hydrogen) atoms. The van der Waals surface area contributed by atoms with E-state index in [2.05, 4.69) is 50.4 Å². The molecule has 3 nitrogen and oxygen atoms in total. The average molecular weight is 307 g/mol. The summed E-state index contributed by atoms with van der Waals surface area (Å²) in [5.41, 5.74) is 6.96. The molecule has 0 bridgehead atoms. The molecule has 3 heteroatoms. The van der Waals surface area contributed by atoms with Crippen molar-refractivity contribution in [2.45, 2.75) is 32.6 Å². The molecule has 0 saturated heterocycles. The van der Waals surface area contributed by atoms with Crippen molar-refractivity contribution in [1.82, 2.24) is 0 Å². The second kappa shape index (κ2) is 4.87. The maximum atomic E-state index is 6.10. The number of nitrogens with one attached hydrogen (secondary N) is 1. The summed E-state index contributed by atoms with van der Waals surface area (Å²) in [4.78, 5) is 0. The summed E-state index contributed by atoms with van der Waals surface area (Å²) in [6.07, 6.45) is 1.88. The van der Waals surface area contributed by atoms with Gasteiger partial charge in [0.1, 0.15) is 5.75 Å². The van der Waals surface area contributed by atoms with Gasteiger partial charge in [-0.2, -0.15) is 0 Å². The maximum Gasteiger partial charge on any atom is 0.227 e. The fraction of sp³-hybridized carbons (Fsp3) is 0.300. The molecule has 118 valence electrons. The van der Waals surface area contributed by atoms with Gasteiger partial charge in [0.2, 0.25) is 6.29 Å². The fourth-order valence-corrected chi connectivity index (χ4v) is 3.76. The number of para-hydroxylation sites is 1. The lowest BCUT2D eigenvalue weighted by Gasteiger charge is -2.36. The van der Waals surface area contributed by atoms with E-state index in [1.165, 1.54) is 16.7 Å². The number of benzene rings is 2. The standard InChI is InChI=1S/C20H21NO2/c1-12-11-20(2,3)21-15-10-9-14-13-7-5-6-8-16(13)23-19(22-4)18(14)17(12)15/h5-11,19,21H,1-4H3/t19-/m1/s1. The monoisotopic (exact) mass is 307 g/mol. The highest BCUT2D eigenvalue weighted by molar-refractivity contribution is 5.89. The van der Waals surface area contributed by atoms with Crippen molar-refractivity contribution in [3.8, 4) is 16.9 Å². The van der Waals surface area contributed by atoms with Crippen LogP contribution in [-0.2, 0) is 4.74 Å². The summed E-state index contributed by atoms with van der Waals surface area (Å²) in [7, 11) is 1.70. The molecule has 0 radical (unpaired) electrons. The van der Waals surface area contributed by atoms with Gasteiger partial charge in [-0.1, -0.05) is 30.3 Å². The molecule has 4 rings (SSSR count). The number of anilines is 1. The Bertz CT molecular complexity index is 820. The SMILES string of the molecule is CO[C@@H]1Oc2ccccc2-c2ccc3c(c21)C(C)=CC(C)(C)N3. The Labute approximate surface area is 136 Å². The zero-order valence-electron chi connectivity index (χ0n) is 13.9. The molecular formula is C20H21NO2. The number of rotatable bonds is 1. The van der Waals surface area contributed by atoms with Gasteiger partial charge in [0.25, 0.3) is 0 Å². The average Bonchev–Trinajstić information content (AvgIpc) is 2.52. The van der Waals surface area contributed by atoms with E-state index in [1.54, 1.807) is 7.11 Å². The van der Waals surface area contributed by atoms with Crippen LogP contribution in [0.25, 0.3) is 16.7 Å². The Hall–Kier alpha value is -2.26. The summed E-state index contributed by atoms with van der Waals surface area (Å²) in [5, 5.41) is 3.60. The first-order valence-corrected chi connectivity index (χ1v) is 7.94. The van der Waals surface area contributed by atoms with Crippen LogP contribution in [0.4, 0.5) is 5.69 Å². The number of methoxy groups -OCH3 is 1. The Morgan fingerprint density at radius 3 is 2.65 bits per heavy atom. The van der Waals surface area contributed by atoms with Crippen molar-refractivity contribution in [3.05, 3.63) is 53.6 Å². The van der Waals surface area contributed by atoms with Gasteiger partial charge in [-0.25, -0.2) is 0 Å². The number of ether oxygens (including phenoxy) is 2. The van der Waals surface area contributed by atoms with Gasteiger partial charge < -0.3 is 14.8 Å². The Kier molecular flexibility index (Phi) is 3.03. The van der Waals surface area contributed by atoms with E-state index in [0.29, 0.717) is 0 Å².